The van der Waals surface area contributed by atoms with Crippen LogP contribution in [0.2, 0.25) is 0 Å². The van der Waals surface area contributed by atoms with Crippen LogP contribution < -0.4 is 0 Å². The lowest BCUT2D eigenvalue weighted by Crippen LogP contribution is -2.11. The van der Waals surface area contributed by atoms with Crippen molar-refractivity contribution in [2.24, 2.45) is 4.99 Å². The maximum absolute atomic E-state index is 12.0. The zero-order valence-corrected chi connectivity index (χ0v) is 14.0. The average molecular weight is 333 g/mol. The molecule has 1 aliphatic heterocycles. The normalized spacial score (nSPS) is 18.7. The number of hydrogen-bond acceptors (Lipinski definition) is 6. The number of esters is 1. The van der Waals surface area contributed by atoms with Crippen LogP contribution in [-0.2, 0) is 19.0 Å². The molecule has 1 aliphatic rings. The van der Waals surface area contributed by atoms with Gasteiger partial charge in [0, 0.05) is 18.2 Å². The molecule has 0 radical (unpaired) electrons. The van der Waals surface area contributed by atoms with Crippen molar-refractivity contribution in [2.75, 3.05) is 20.0 Å². The van der Waals surface area contributed by atoms with E-state index < -0.39 is 5.97 Å². The molecule has 1 aromatic rings. The minimum atomic E-state index is -0.579. The van der Waals surface area contributed by atoms with E-state index in [1.807, 2.05) is 31.2 Å². The summed E-state index contributed by atoms with van der Waals surface area (Å²) >= 11 is 0. The molecular formula is C18H23NO5. The van der Waals surface area contributed by atoms with Crippen molar-refractivity contribution in [3.63, 3.8) is 0 Å². The number of allylic oxidation sites excluding steroid dienone is 1. The van der Waals surface area contributed by atoms with Crippen LogP contribution in [0.3, 0.4) is 0 Å². The van der Waals surface area contributed by atoms with Crippen LogP contribution in [0.5, 0.6) is 0 Å². The Balaban J connectivity index is 2.29. The van der Waals surface area contributed by atoms with Crippen molar-refractivity contribution in [2.45, 2.75) is 32.8 Å². The van der Waals surface area contributed by atoms with Gasteiger partial charge in [0.2, 0.25) is 0 Å². The number of para-hydroxylation sites is 1. The van der Waals surface area contributed by atoms with Gasteiger partial charge >= 0.3 is 5.97 Å². The minimum Gasteiger partial charge on any atom is -0.511 e. The van der Waals surface area contributed by atoms with Crippen LogP contribution in [0.4, 0.5) is 5.69 Å². The molecule has 0 saturated carbocycles. The highest BCUT2D eigenvalue weighted by Crippen LogP contribution is 2.30. The number of nitrogens with zero attached hydrogens (tertiary/aromatic N) is 1. The van der Waals surface area contributed by atoms with Crippen LogP contribution in [-0.4, -0.2) is 37.3 Å². The molecule has 0 amide bonds. The zero-order valence-electron chi connectivity index (χ0n) is 14.0. The smallest absolute Gasteiger partial charge is 0.343 e. The predicted octanol–water partition coefficient (Wildman–Crippen LogP) is 3.61. The van der Waals surface area contributed by atoms with E-state index in [-0.39, 0.29) is 30.8 Å². The molecular weight excluding hydrogens is 310 g/mol. The number of benzene rings is 1. The van der Waals surface area contributed by atoms with E-state index in [9.17, 15) is 9.90 Å². The lowest BCUT2D eigenvalue weighted by atomic mass is 10.1. The van der Waals surface area contributed by atoms with Crippen LogP contribution in [0.15, 0.2) is 40.6 Å². The number of carbonyl (C=O) groups is 1. The quantitative estimate of drug-likeness (QED) is 0.357. The molecule has 24 heavy (non-hydrogen) atoms. The van der Waals surface area contributed by atoms with Crippen molar-refractivity contribution in [1.29, 1.82) is 0 Å². The second-order valence-corrected chi connectivity index (χ2v) is 5.29. The van der Waals surface area contributed by atoms with Gasteiger partial charge in [-0.1, -0.05) is 25.1 Å². The highest BCUT2D eigenvalue weighted by atomic mass is 16.7. The van der Waals surface area contributed by atoms with Gasteiger partial charge in [-0.15, -0.1) is 0 Å². The third-order valence-corrected chi connectivity index (χ3v) is 3.53. The number of aliphatic imine (C=N–C) groups is 1. The summed E-state index contributed by atoms with van der Waals surface area (Å²) in [4.78, 5) is 16.4. The summed E-state index contributed by atoms with van der Waals surface area (Å²) in [6.07, 6.45) is 2.28. The number of aliphatic hydroxyl groups excluding tert-OH is 1. The van der Waals surface area contributed by atoms with E-state index in [4.69, 9.17) is 14.2 Å². The summed E-state index contributed by atoms with van der Waals surface area (Å²) < 4.78 is 15.7. The Labute approximate surface area is 141 Å². The van der Waals surface area contributed by atoms with Gasteiger partial charge < -0.3 is 19.3 Å². The van der Waals surface area contributed by atoms with Gasteiger partial charge in [0.05, 0.1) is 18.9 Å². The number of hydrogen-bond donors (Lipinski definition) is 1. The van der Waals surface area contributed by atoms with Gasteiger partial charge in [-0.05, 0) is 19.4 Å². The van der Waals surface area contributed by atoms with Crippen molar-refractivity contribution in [1.82, 2.24) is 0 Å². The monoisotopic (exact) mass is 333 g/mol. The summed E-state index contributed by atoms with van der Waals surface area (Å²) in [6.45, 7) is 4.60. The first-order chi connectivity index (χ1) is 11.7. The van der Waals surface area contributed by atoms with Crippen molar-refractivity contribution in [3.05, 3.63) is 41.2 Å². The highest BCUT2D eigenvalue weighted by molar-refractivity contribution is 6.10. The van der Waals surface area contributed by atoms with Crippen molar-refractivity contribution in [3.8, 4) is 0 Å². The van der Waals surface area contributed by atoms with E-state index in [1.54, 1.807) is 6.92 Å². The summed E-state index contributed by atoms with van der Waals surface area (Å²) in [7, 11) is 0. The van der Waals surface area contributed by atoms with Crippen molar-refractivity contribution >= 4 is 17.9 Å². The van der Waals surface area contributed by atoms with Crippen LogP contribution in [0.1, 0.15) is 38.4 Å². The van der Waals surface area contributed by atoms with E-state index in [2.05, 4.69) is 4.99 Å². The van der Waals surface area contributed by atoms with Gasteiger partial charge in [-0.25, -0.2) is 4.79 Å². The molecule has 0 aliphatic carbocycles. The van der Waals surface area contributed by atoms with Gasteiger partial charge in [-0.3, -0.25) is 4.99 Å². The maximum Gasteiger partial charge on any atom is 0.343 e. The molecule has 2 rings (SSSR count). The van der Waals surface area contributed by atoms with Crippen LogP contribution in [0, 0.1) is 0 Å². The Hall–Kier alpha value is -2.18. The molecule has 1 N–H and O–H groups in total. The first-order valence-electron chi connectivity index (χ1n) is 8.08. The van der Waals surface area contributed by atoms with Crippen LogP contribution >= 0.6 is 0 Å². The molecule has 6 nitrogen and oxygen atoms in total. The number of rotatable bonds is 7. The topological polar surface area (TPSA) is 77.4 Å². The fraction of sp³-hybridized carbons (Fsp3) is 0.444. The molecule has 0 bridgehead atoms. The first kappa shape index (κ1) is 18.2. The van der Waals surface area contributed by atoms with Crippen LogP contribution in [0.25, 0.3) is 0 Å². The summed E-state index contributed by atoms with van der Waals surface area (Å²) in [6, 6.07) is 7.48. The fourth-order valence-electron chi connectivity index (χ4n) is 2.35. The lowest BCUT2D eigenvalue weighted by molar-refractivity contribution is -0.138. The fourth-order valence-corrected chi connectivity index (χ4v) is 2.35. The van der Waals surface area contributed by atoms with Gasteiger partial charge in [-0.2, -0.15) is 0 Å². The lowest BCUT2D eigenvalue weighted by Gasteiger charge is -2.11. The third kappa shape index (κ3) is 4.66. The first-order valence-corrected chi connectivity index (χ1v) is 8.08. The van der Waals surface area contributed by atoms with Crippen molar-refractivity contribution < 1.29 is 24.1 Å². The Kier molecular flexibility index (Phi) is 6.96. The Morgan fingerprint density at radius 3 is 2.88 bits per heavy atom. The average Bonchev–Trinajstić information content (AvgIpc) is 3.10. The van der Waals surface area contributed by atoms with E-state index in [0.29, 0.717) is 25.1 Å². The molecule has 1 atom stereocenters. The number of ether oxygens (including phenoxy) is 3. The SMILES string of the molecule is CCC/C(O)=C(/C=Nc1ccccc1C1COCO1)C(=O)OCC. The maximum atomic E-state index is 12.0. The largest absolute Gasteiger partial charge is 0.511 e. The highest BCUT2D eigenvalue weighted by Gasteiger charge is 2.21. The molecule has 0 spiro atoms. The summed E-state index contributed by atoms with van der Waals surface area (Å²) in [5.74, 6) is -0.595. The predicted molar refractivity (Wildman–Crippen MR) is 90.4 cm³/mol. The molecule has 130 valence electrons. The van der Waals surface area contributed by atoms with Gasteiger partial charge in [0.1, 0.15) is 24.2 Å². The molecule has 1 fully saturated rings. The second-order valence-electron chi connectivity index (χ2n) is 5.29. The molecule has 6 heteroatoms. The Bertz CT molecular complexity index is 618. The molecule has 1 unspecified atom stereocenters. The Morgan fingerprint density at radius 1 is 1.42 bits per heavy atom. The Morgan fingerprint density at radius 2 is 2.21 bits per heavy atom. The minimum absolute atomic E-state index is 0.0161. The van der Waals surface area contributed by atoms with E-state index in [1.165, 1.54) is 6.21 Å². The molecule has 1 aromatic carbocycles. The third-order valence-electron chi connectivity index (χ3n) is 3.53. The molecule has 1 heterocycles. The van der Waals surface area contributed by atoms with E-state index >= 15 is 0 Å². The zero-order chi connectivity index (χ0) is 17.4. The molecule has 0 aromatic heterocycles. The second kappa shape index (κ2) is 9.20. The summed E-state index contributed by atoms with van der Waals surface area (Å²) in [5.41, 5.74) is 1.63. The number of carbonyl (C=O) groups excluding carboxylic acids is 1. The number of aliphatic hydroxyl groups is 1. The van der Waals surface area contributed by atoms with E-state index in [0.717, 1.165) is 5.56 Å². The van der Waals surface area contributed by atoms with Gasteiger partial charge in [0.25, 0.3) is 0 Å². The van der Waals surface area contributed by atoms with Gasteiger partial charge in [0.15, 0.2) is 0 Å². The molecule has 1 saturated heterocycles. The standard InChI is InChI=1S/C18H23NO5/c1-3-7-16(20)14(18(21)23-4-2)10-19-15-9-6-5-8-13(15)17-11-22-12-24-17/h5-6,8-10,17,20H,3-4,7,11-12H2,1-2H3/b16-14+,19-10?. The summed E-state index contributed by atoms with van der Waals surface area (Å²) in [5, 5.41) is 10.1.